The van der Waals surface area contributed by atoms with Gasteiger partial charge in [-0.25, -0.2) is 37.3 Å². The summed E-state index contributed by atoms with van der Waals surface area (Å²) in [6.07, 6.45) is 3.46. The number of benzene rings is 2. The van der Waals surface area contributed by atoms with Gasteiger partial charge in [0.15, 0.2) is 17.5 Å². The summed E-state index contributed by atoms with van der Waals surface area (Å²) in [5.41, 5.74) is 6.41. The molecule has 2 amide bonds. The van der Waals surface area contributed by atoms with E-state index >= 15 is 0 Å². The lowest BCUT2D eigenvalue weighted by atomic mass is 10.1. The molecule has 0 atom stereocenters. The number of halogens is 4. The number of nitrogens with zero attached hydrogens (tertiary/aromatic N) is 3. The monoisotopic (exact) mass is 470 g/mol. The van der Waals surface area contributed by atoms with Crippen molar-refractivity contribution in [2.45, 2.75) is 0 Å². The normalized spacial score (nSPS) is 10.6. The third kappa shape index (κ3) is 5.01. The molecular formula is C22H14F4N6O2. The van der Waals surface area contributed by atoms with Crippen molar-refractivity contribution in [3.05, 3.63) is 84.3 Å². The average molecular weight is 470 g/mol. The van der Waals surface area contributed by atoms with Crippen molar-refractivity contribution in [1.82, 2.24) is 15.0 Å². The fourth-order valence-corrected chi connectivity index (χ4v) is 2.83. The Morgan fingerprint density at radius 2 is 1.56 bits per heavy atom. The fraction of sp³-hybridized carbons (Fsp3) is 0. The molecule has 0 aliphatic heterocycles. The number of aromatic nitrogens is 3. The summed E-state index contributed by atoms with van der Waals surface area (Å²) < 4.78 is 58.8. The van der Waals surface area contributed by atoms with Crippen LogP contribution in [0.25, 0.3) is 11.1 Å². The van der Waals surface area contributed by atoms with E-state index in [1.807, 2.05) is 0 Å². The molecule has 172 valence electrons. The molecule has 0 aliphatic rings. The molecule has 0 aliphatic carbocycles. The van der Waals surface area contributed by atoms with Gasteiger partial charge >= 0.3 is 12.0 Å². The quantitative estimate of drug-likeness (QED) is 0.276. The van der Waals surface area contributed by atoms with Gasteiger partial charge in [-0.3, -0.25) is 0 Å². The number of amides is 2. The highest BCUT2D eigenvalue weighted by Crippen LogP contribution is 2.28. The Labute approximate surface area is 189 Å². The number of nitrogen functional groups attached to an aromatic ring is 1. The number of ether oxygens (including phenoxy) is 1. The lowest BCUT2D eigenvalue weighted by molar-refractivity contribution is 0.262. The molecule has 0 saturated heterocycles. The number of urea groups is 1. The van der Waals surface area contributed by atoms with E-state index in [2.05, 4.69) is 25.6 Å². The first-order valence-corrected chi connectivity index (χ1v) is 9.53. The Balaban J connectivity index is 1.38. The van der Waals surface area contributed by atoms with Crippen LogP contribution in [0.15, 0.2) is 61.1 Å². The van der Waals surface area contributed by atoms with Gasteiger partial charge in [0.25, 0.3) is 0 Å². The molecule has 12 heteroatoms. The number of hydrogen-bond acceptors (Lipinski definition) is 6. The summed E-state index contributed by atoms with van der Waals surface area (Å²) in [6.45, 7) is 0. The second kappa shape index (κ2) is 9.40. The van der Waals surface area contributed by atoms with Crippen molar-refractivity contribution < 1.29 is 27.1 Å². The van der Waals surface area contributed by atoms with Gasteiger partial charge in [-0.15, -0.1) is 0 Å². The standard InChI is InChI=1S/C22H14F4N6O2/c23-12-7-15(20(27)28-8-12)11-1-3-14(4-2-11)34-22-29-9-13(10-30-22)31-21(33)32-17-6-5-16(24)18(25)19(17)26/h1-10H,(H2,27,28)(H2,31,32,33). The van der Waals surface area contributed by atoms with E-state index in [1.165, 1.54) is 18.5 Å². The van der Waals surface area contributed by atoms with Crippen LogP contribution < -0.4 is 21.1 Å². The molecule has 0 fully saturated rings. The highest BCUT2D eigenvalue weighted by molar-refractivity contribution is 5.99. The summed E-state index contributed by atoms with van der Waals surface area (Å²) in [7, 11) is 0. The molecule has 2 aromatic heterocycles. The summed E-state index contributed by atoms with van der Waals surface area (Å²) >= 11 is 0. The predicted octanol–water partition coefficient (Wildman–Crippen LogP) is 5.11. The first-order valence-electron chi connectivity index (χ1n) is 9.53. The van der Waals surface area contributed by atoms with E-state index in [4.69, 9.17) is 10.5 Å². The SMILES string of the molecule is Nc1ncc(F)cc1-c1ccc(Oc2ncc(NC(=O)Nc3ccc(F)c(F)c3F)cn2)cc1. The number of rotatable bonds is 5. The Morgan fingerprint density at radius 3 is 2.26 bits per heavy atom. The van der Waals surface area contributed by atoms with Crippen molar-refractivity contribution >= 4 is 23.2 Å². The number of carbonyl (C=O) groups is 1. The van der Waals surface area contributed by atoms with Crippen LogP contribution in [-0.2, 0) is 0 Å². The molecule has 8 nitrogen and oxygen atoms in total. The number of hydrogen-bond donors (Lipinski definition) is 3. The predicted molar refractivity (Wildman–Crippen MR) is 115 cm³/mol. The maximum Gasteiger partial charge on any atom is 0.323 e. The molecule has 34 heavy (non-hydrogen) atoms. The summed E-state index contributed by atoms with van der Waals surface area (Å²) in [5, 5.41) is 4.37. The maximum absolute atomic E-state index is 13.7. The minimum absolute atomic E-state index is 0.0442. The van der Waals surface area contributed by atoms with Crippen molar-refractivity contribution in [2.75, 3.05) is 16.4 Å². The topological polar surface area (TPSA) is 115 Å². The average Bonchev–Trinajstić information content (AvgIpc) is 2.83. The van der Waals surface area contributed by atoms with Crippen LogP contribution in [-0.4, -0.2) is 21.0 Å². The molecule has 4 N–H and O–H groups in total. The molecule has 0 radical (unpaired) electrons. The number of pyridine rings is 1. The molecule has 2 aromatic carbocycles. The van der Waals surface area contributed by atoms with Crippen LogP contribution in [0.4, 0.5) is 39.5 Å². The van der Waals surface area contributed by atoms with Gasteiger partial charge in [-0.1, -0.05) is 12.1 Å². The minimum atomic E-state index is -1.70. The Hall–Kier alpha value is -4.74. The molecule has 4 rings (SSSR count). The molecule has 2 heterocycles. The van der Waals surface area contributed by atoms with Crippen molar-refractivity contribution in [3.8, 4) is 22.9 Å². The molecule has 0 unspecified atom stereocenters. The maximum atomic E-state index is 13.7. The lowest BCUT2D eigenvalue weighted by Crippen LogP contribution is -2.20. The number of carbonyl (C=O) groups excluding carboxylic acids is 1. The Kier molecular flexibility index (Phi) is 6.21. The van der Waals surface area contributed by atoms with Crippen LogP contribution >= 0.6 is 0 Å². The minimum Gasteiger partial charge on any atom is -0.424 e. The molecule has 0 spiro atoms. The van der Waals surface area contributed by atoms with Gasteiger partial charge in [-0.05, 0) is 35.9 Å². The van der Waals surface area contributed by atoms with Gasteiger partial charge in [0.1, 0.15) is 17.4 Å². The van der Waals surface area contributed by atoms with E-state index < -0.39 is 35.0 Å². The second-order valence-electron chi connectivity index (χ2n) is 6.77. The van der Waals surface area contributed by atoms with E-state index in [9.17, 15) is 22.4 Å². The van der Waals surface area contributed by atoms with Crippen molar-refractivity contribution in [2.24, 2.45) is 0 Å². The Bertz CT molecular complexity index is 1350. The number of anilines is 3. The zero-order chi connectivity index (χ0) is 24.2. The van der Waals surface area contributed by atoms with Crippen LogP contribution in [0.1, 0.15) is 0 Å². The summed E-state index contributed by atoms with van der Waals surface area (Å²) in [6, 6.07) is 8.36. The van der Waals surface area contributed by atoms with E-state index in [1.54, 1.807) is 24.3 Å². The largest absolute Gasteiger partial charge is 0.424 e. The molecular weight excluding hydrogens is 456 g/mol. The number of nitrogens with one attached hydrogen (secondary N) is 2. The second-order valence-corrected chi connectivity index (χ2v) is 6.77. The van der Waals surface area contributed by atoms with Crippen LogP contribution in [0.5, 0.6) is 11.8 Å². The molecule has 4 aromatic rings. The summed E-state index contributed by atoms with van der Waals surface area (Å²) in [4.78, 5) is 23.6. The number of nitrogens with two attached hydrogens (primary N) is 1. The van der Waals surface area contributed by atoms with E-state index in [0.717, 1.165) is 12.3 Å². The van der Waals surface area contributed by atoms with E-state index in [-0.39, 0.29) is 17.5 Å². The van der Waals surface area contributed by atoms with Gasteiger partial charge < -0.3 is 21.1 Å². The van der Waals surface area contributed by atoms with Gasteiger partial charge in [0.05, 0.1) is 30.0 Å². The third-order valence-corrected chi connectivity index (χ3v) is 4.43. The highest BCUT2D eigenvalue weighted by Gasteiger charge is 2.15. The van der Waals surface area contributed by atoms with Crippen LogP contribution in [0.2, 0.25) is 0 Å². The lowest BCUT2D eigenvalue weighted by Gasteiger charge is -2.09. The van der Waals surface area contributed by atoms with Gasteiger partial charge in [0.2, 0.25) is 0 Å². The zero-order valence-corrected chi connectivity index (χ0v) is 17.0. The smallest absolute Gasteiger partial charge is 0.323 e. The zero-order valence-electron chi connectivity index (χ0n) is 17.0. The van der Waals surface area contributed by atoms with E-state index in [0.29, 0.717) is 22.9 Å². The van der Waals surface area contributed by atoms with Gasteiger partial charge in [-0.2, -0.15) is 0 Å². The highest BCUT2D eigenvalue weighted by atomic mass is 19.2. The first kappa shape index (κ1) is 22.5. The third-order valence-electron chi connectivity index (χ3n) is 4.43. The van der Waals surface area contributed by atoms with Crippen molar-refractivity contribution in [3.63, 3.8) is 0 Å². The summed E-state index contributed by atoms with van der Waals surface area (Å²) in [5.74, 6) is -4.58. The van der Waals surface area contributed by atoms with Gasteiger partial charge in [0, 0.05) is 5.56 Å². The van der Waals surface area contributed by atoms with Crippen molar-refractivity contribution in [1.29, 1.82) is 0 Å². The molecule has 0 saturated carbocycles. The fourth-order valence-electron chi connectivity index (χ4n) is 2.83. The van der Waals surface area contributed by atoms with Crippen LogP contribution in [0, 0.1) is 23.3 Å². The first-order chi connectivity index (χ1) is 16.3. The Morgan fingerprint density at radius 1 is 0.853 bits per heavy atom. The van der Waals surface area contributed by atoms with Crippen LogP contribution in [0.3, 0.4) is 0 Å². The molecule has 0 bridgehead atoms.